The second kappa shape index (κ2) is 5.45. The first-order chi connectivity index (χ1) is 10.4. The molecule has 2 fully saturated rings. The quantitative estimate of drug-likeness (QED) is 0.767. The second-order valence-corrected chi connectivity index (χ2v) is 8.30. The van der Waals surface area contributed by atoms with Crippen LogP contribution in [0.2, 0.25) is 0 Å². The molecule has 3 nitrogen and oxygen atoms in total. The number of carbonyl (C=O) groups is 1. The van der Waals surface area contributed by atoms with Crippen LogP contribution in [-0.4, -0.2) is 29.2 Å². The number of rotatable bonds is 5. The van der Waals surface area contributed by atoms with Crippen LogP contribution in [-0.2, 0) is 4.79 Å². The first kappa shape index (κ1) is 16.2. The Hall–Kier alpha value is -0.670. The maximum Gasteiger partial charge on any atom is 0.159 e. The highest BCUT2D eigenvalue weighted by atomic mass is 16.3. The average molecular weight is 306 g/mol. The van der Waals surface area contributed by atoms with Gasteiger partial charge in [-0.25, -0.2) is 0 Å². The van der Waals surface area contributed by atoms with Crippen LogP contribution in [0.15, 0.2) is 11.1 Å². The van der Waals surface area contributed by atoms with E-state index in [1.54, 1.807) is 0 Å². The lowest BCUT2D eigenvalue weighted by molar-refractivity contribution is -0.123. The van der Waals surface area contributed by atoms with E-state index in [0.29, 0.717) is 30.0 Å². The number of aliphatic hydroxyl groups is 2. The summed E-state index contributed by atoms with van der Waals surface area (Å²) in [5.41, 5.74) is 2.55. The molecule has 4 atom stereocenters. The van der Waals surface area contributed by atoms with Gasteiger partial charge < -0.3 is 10.2 Å². The van der Waals surface area contributed by atoms with Gasteiger partial charge in [0.05, 0.1) is 0 Å². The Morgan fingerprint density at radius 3 is 2.59 bits per heavy atom. The van der Waals surface area contributed by atoms with E-state index in [1.807, 2.05) is 6.92 Å². The Morgan fingerprint density at radius 2 is 1.95 bits per heavy atom. The number of allylic oxidation sites excluding steroid dienone is 2. The van der Waals surface area contributed by atoms with Crippen molar-refractivity contribution in [3.05, 3.63) is 11.1 Å². The molecular formula is C19H30O3. The van der Waals surface area contributed by atoms with Crippen molar-refractivity contribution >= 4 is 5.78 Å². The third-order valence-electron chi connectivity index (χ3n) is 7.42. The maximum atomic E-state index is 12.5. The fourth-order valence-electron chi connectivity index (χ4n) is 6.12. The van der Waals surface area contributed by atoms with Gasteiger partial charge in [-0.3, -0.25) is 4.79 Å². The predicted octanol–water partition coefficient (Wildman–Crippen LogP) is 3.10. The lowest BCUT2D eigenvalue weighted by Gasteiger charge is -2.55. The summed E-state index contributed by atoms with van der Waals surface area (Å²) in [6, 6.07) is 0. The van der Waals surface area contributed by atoms with Gasteiger partial charge in [-0.1, -0.05) is 25.8 Å². The largest absolute Gasteiger partial charge is 0.396 e. The highest BCUT2D eigenvalue weighted by Gasteiger charge is 2.67. The van der Waals surface area contributed by atoms with E-state index in [1.165, 1.54) is 5.57 Å². The minimum Gasteiger partial charge on any atom is -0.396 e. The average Bonchev–Trinajstić information content (AvgIpc) is 2.77. The van der Waals surface area contributed by atoms with E-state index < -0.39 is 0 Å². The van der Waals surface area contributed by atoms with Crippen LogP contribution in [0, 0.1) is 28.6 Å². The van der Waals surface area contributed by atoms with E-state index in [0.717, 1.165) is 37.7 Å². The Balaban J connectivity index is 2.04. The van der Waals surface area contributed by atoms with Gasteiger partial charge in [-0.2, -0.15) is 0 Å². The molecule has 22 heavy (non-hydrogen) atoms. The van der Waals surface area contributed by atoms with Crippen LogP contribution in [0.5, 0.6) is 0 Å². The SMILES string of the molecule is CC1=C2CC3CC(CO)C(CCCCO)C2(CC1=O)C3(C)C. The number of unbranched alkanes of at least 4 members (excludes halogenated alkanes) is 1. The first-order valence-corrected chi connectivity index (χ1v) is 8.85. The van der Waals surface area contributed by atoms with Crippen molar-refractivity contribution in [3.8, 4) is 0 Å². The lowest BCUT2D eigenvalue weighted by Crippen LogP contribution is -2.51. The van der Waals surface area contributed by atoms with Gasteiger partial charge in [0.1, 0.15) is 0 Å². The standard InChI is InChI=1S/C19H30O3/c1-12-16-9-14-8-13(11-21)15(6-4-5-7-20)19(16,10-17(12)22)18(14,2)3/h13-15,20-21H,4-11H2,1-3H3. The van der Waals surface area contributed by atoms with Gasteiger partial charge in [0.15, 0.2) is 5.78 Å². The van der Waals surface area contributed by atoms with Gasteiger partial charge in [0.2, 0.25) is 0 Å². The molecule has 3 aliphatic carbocycles. The van der Waals surface area contributed by atoms with E-state index in [4.69, 9.17) is 5.11 Å². The van der Waals surface area contributed by atoms with Gasteiger partial charge in [0.25, 0.3) is 0 Å². The number of hydrogen-bond acceptors (Lipinski definition) is 3. The molecule has 0 amide bonds. The summed E-state index contributed by atoms with van der Waals surface area (Å²) >= 11 is 0. The normalized spacial score (nSPS) is 39.5. The van der Waals surface area contributed by atoms with Crippen molar-refractivity contribution < 1.29 is 15.0 Å². The molecule has 4 unspecified atom stereocenters. The molecule has 2 N–H and O–H groups in total. The molecule has 0 aromatic carbocycles. The molecule has 3 aliphatic rings. The fraction of sp³-hybridized carbons (Fsp3) is 0.842. The molecule has 3 heteroatoms. The first-order valence-electron chi connectivity index (χ1n) is 8.85. The van der Waals surface area contributed by atoms with Crippen LogP contribution in [0.1, 0.15) is 59.3 Å². The summed E-state index contributed by atoms with van der Waals surface area (Å²) in [7, 11) is 0. The smallest absolute Gasteiger partial charge is 0.159 e. The Kier molecular flexibility index (Phi) is 4.01. The summed E-state index contributed by atoms with van der Waals surface area (Å²) in [6.45, 7) is 7.18. The highest BCUT2D eigenvalue weighted by Crippen LogP contribution is 2.73. The van der Waals surface area contributed by atoms with Crippen LogP contribution in [0.25, 0.3) is 0 Å². The Bertz CT molecular complexity index is 505. The molecule has 0 aromatic rings. The summed E-state index contributed by atoms with van der Waals surface area (Å²) in [5, 5.41) is 19.1. The van der Waals surface area contributed by atoms with Gasteiger partial charge in [-0.15, -0.1) is 0 Å². The van der Waals surface area contributed by atoms with Crippen molar-refractivity contribution in [1.29, 1.82) is 0 Å². The molecule has 1 spiro atoms. The van der Waals surface area contributed by atoms with Crippen molar-refractivity contribution in [2.24, 2.45) is 28.6 Å². The number of Topliss-reactive ketones (excluding diaryl/α,β-unsaturated/α-hetero) is 1. The van der Waals surface area contributed by atoms with Crippen LogP contribution in [0.4, 0.5) is 0 Å². The topological polar surface area (TPSA) is 57.5 Å². The monoisotopic (exact) mass is 306 g/mol. The molecule has 0 heterocycles. The molecule has 3 rings (SSSR count). The second-order valence-electron chi connectivity index (χ2n) is 8.30. The zero-order valence-electron chi connectivity index (χ0n) is 14.2. The molecule has 2 bridgehead atoms. The molecular weight excluding hydrogens is 276 g/mol. The van der Waals surface area contributed by atoms with Crippen LogP contribution >= 0.6 is 0 Å². The highest BCUT2D eigenvalue weighted by molar-refractivity contribution is 6.00. The minimum atomic E-state index is -0.0278. The van der Waals surface area contributed by atoms with Crippen molar-refractivity contribution in [1.82, 2.24) is 0 Å². The van der Waals surface area contributed by atoms with Gasteiger partial charge >= 0.3 is 0 Å². The van der Waals surface area contributed by atoms with E-state index >= 15 is 0 Å². The number of hydrogen-bond donors (Lipinski definition) is 2. The van der Waals surface area contributed by atoms with E-state index in [-0.39, 0.29) is 24.0 Å². The minimum absolute atomic E-state index is 0.0278. The van der Waals surface area contributed by atoms with Crippen LogP contribution < -0.4 is 0 Å². The maximum absolute atomic E-state index is 12.5. The van der Waals surface area contributed by atoms with Crippen molar-refractivity contribution in [2.75, 3.05) is 13.2 Å². The molecule has 124 valence electrons. The molecule has 0 saturated heterocycles. The summed E-state index contributed by atoms with van der Waals surface area (Å²) in [6.07, 6.45) is 5.61. The molecule has 2 saturated carbocycles. The summed E-state index contributed by atoms with van der Waals surface area (Å²) in [4.78, 5) is 12.5. The summed E-state index contributed by atoms with van der Waals surface area (Å²) < 4.78 is 0. The number of fused-ring (bicyclic) bond motifs is 1. The van der Waals surface area contributed by atoms with Gasteiger partial charge in [0, 0.05) is 25.0 Å². The predicted molar refractivity (Wildman–Crippen MR) is 86.3 cm³/mol. The van der Waals surface area contributed by atoms with Crippen LogP contribution in [0.3, 0.4) is 0 Å². The molecule has 0 radical (unpaired) electrons. The fourth-order valence-corrected chi connectivity index (χ4v) is 6.12. The third-order valence-corrected chi connectivity index (χ3v) is 7.42. The summed E-state index contributed by atoms with van der Waals surface area (Å²) in [5.74, 6) is 1.62. The molecule has 0 aromatic heterocycles. The van der Waals surface area contributed by atoms with E-state index in [2.05, 4.69) is 13.8 Å². The lowest BCUT2D eigenvalue weighted by atomic mass is 9.49. The zero-order chi connectivity index (χ0) is 16.1. The Morgan fingerprint density at radius 1 is 1.23 bits per heavy atom. The van der Waals surface area contributed by atoms with Gasteiger partial charge in [-0.05, 0) is 61.3 Å². The van der Waals surface area contributed by atoms with Crippen molar-refractivity contribution in [3.63, 3.8) is 0 Å². The number of aliphatic hydroxyl groups excluding tert-OH is 2. The third kappa shape index (κ3) is 1.91. The zero-order valence-corrected chi connectivity index (χ0v) is 14.2. The van der Waals surface area contributed by atoms with Crippen molar-refractivity contribution in [2.45, 2.75) is 59.3 Å². The number of carbonyl (C=O) groups excluding carboxylic acids is 1. The van der Waals surface area contributed by atoms with E-state index in [9.17, 15) is 9.90 Å². The number of ketones is 1. The Labute approximate surface area is 133 Å². The molecule has 0 aliphatic heterocycles.